The minimum atomic E-state index is 0.632. The number of nitriles is 1. The molecule has 4 nitrogen and oxygen atoms in total. The number of fused-ring (bicyclic) bond motifs is 4. The van der Waals surface area contributed by atoms with E-state index in [1.54, 1.807) is 0 Å². The summed E-state index contributed by atoms with van der Waals surface area (Å²) in [5, 5.41) is 14.2. The van der Waals surface area contributed by atoms with Crippen LogP contribution in [-0.2, 0) is 0 Å². The van der Waals surface area contributed by atoms with E-state index in [1.165, 1.54) is 44.2 Å². The summed E-state index contributed by atoms with van der Waals surface area (Å²) in [5.41, 5.74) is 15.4. The molecule has 0 bridgehead atoms. The van der Waals surface area contributed by atoms with Crippen molar-refractivity contribution in [2.45, 2.75) is 13.8 Å². The zero-order valence-electron chi connectivity index (χ0n) is 29.8. The Morgan fingerprint density at radius 3 is 1.31 bits per heavy atom. The van der Waals surface area contributed by atoms with E-state index in [1.807, 2.05) is 12.1 Å². The lowest BCUT2D eigenvalue weighted by Crippen LogP contribution is -2.01. The maximum absolute atomic E-state index is 9.55. The minimum absolute atomic E-state index is 0.632. The van der Waals surface area contributed by atoms with Crippen LogP contribution < -0.4 is 0 Å². The highest BCUT2D eigenvalue weighted by atomic mass is 15.0. The highest BCUT2D eigenvalue weighted by Gasteiger charge is 2.26. The Labute approximate surface area is 313 Å². The second kappa shape index (κ2) is 12.5. The molecule has 9 aromatic rings. The third kappa shape index (κ3) is 5.10. The number of aromatic nitrogens is 3. The second-order valence-corrected chi connectivity index (χ2v) is 14.1. The van der Waals surface area contributed by atoms with Gasteiger partial charge in [-0.3, -0.25) is 0 Å². The first kappa shape index (κ1) is 31.5. The van der Waals surface area contributed by atoms with E-state index in [2.05, 4.69) is 166 Å². The zero-order chi connectivity index (χ0) is 36.3. The molecule has 252 valence electrons. The highest BCUT2D eigenvalue weighted by molar-refractivity contribution is 6.24. The van der Waals surface area contributed by atoms with E-state index in [4.69, 9.17) is 15.0 Å². The topological polar surface area (TPSA) is 62.5 Å². The predicted octanol–water partition coefficient (Wildman–Crippen LogP) is 12.6. The van der Waals surface area contributed by atoms with Crippen LogP contribution in [0.5, 0.6) is 0 Å². The van der Waals surface area contributed by atoms with Crippen molar-refractivity contribution in [1.29, 1.82) is 5.26 Å². The van der Waals surface area contributed by atoms with E-state index in [-0.39, 0.29) is 0 Å². The Balaban J connectivity index is 1.22. The predicted molar refractivity (Wildman–Crippen MR) is 221 cm³/mol. The van der Waals surface area contributed by atoms with E-state index in [0.717, 1.165) is 49.7 Å². The quantitative estimate of drug-likeness (QED) is 0.181. The lowest BCUT2D eigenvalue weighted by atomic mass is 9.86. The van der Waals surface area contributed by atoms with Crippen LogP contribution in [0, 0.1) is 25.2 Å². The lowest BCUT2D eigenvalue weighted by molar-refractivity contribution is 1.08. The monoisotopic (exact) mass is 688 g/mol. The largest absolute Gasteiger partial charge is 0.208 e. The first-order valence-corrected chi connectivity index (χ1v) is 18.2. The lowest BCUT2D eigenvalue weighted by Gasteiger charge is -2.17. The van der Waals surface area contributed by atoms with Gasteiger partial charge in [-0.05, 0) is 98.1 Å². The molecule has 8 aromatic carbocycles. The molecule has 0 saturated heterocycles. The summed E-state index contributed by atoms with van der Waals surface area (Å²) in [6.45, 7) is 4.17. The third-order valence-electron chi connectivity index (χ3n) is 10.7. The van der Waals surface area contributed by atoms with Crippen LogP contribution in [0.3, 0.4) is 0 Å². The van der Waals surface area contributed by atoms with Crippen molar-refractivity contribution >= 4 is 21.5 Å². The normalized spacial score (nSPS) is 11.5. The van der Waals surface area contributed by atoms with Gasteiger partial charge < -0.3 is 0 Å². The fraction of sp³-hybridized carbons (Fsp3) is 0.0400. The van der Waals surface area contributed by atoms with E-state index in [0.29, 0.717) is 23.0 Å². The summed E-state index contributed by atoms with van der Waals surface area (Å²) in [5.74, 6) is 1.92. The second-order valence-electron chi connectivity index (χ2n) is 14.1. The molecule has 0 spiro atoms. The van der Waals surface area contributed by atoms with Crippen molar-refractivity contribution in [2.24, 2.45) is 0 Å². The van der Waals surface area contributed by atoms with Crippen LogP contribution in [0.2, 0.25) is 0 Å². The molecule has 54 heavy (non-hydrogen) atoms. The third-order valence-corrected chi connectivity index (χ3v) is 10.7. The van der Waals surface area contributed by atoms with Crippen LogP contribution >= 0.6 is 0 Å². The van der Waals surface area contributed by atoms with Crippen LogP contribution in [0.15, 0.2) is 158 Å². The first-order valence-electron chi connectivity index (χ1n) is 18.2. The molecular formula is C50H32N4. The van der Waals surface area contributed by atoms with Gasteiger partial charge >= 0.3 is 0 Å². The Morgan fingerprint density at radius 2 is 0.759 bits per heavy atom. The summed E-state index contributed by atoms with van der Waals surface area (Å²) >= 11 is 0. The molecule has 1 aliphatic rings. The summed E-state index contributed by atoms with van der Waals surface area (Å²) < 4.78 is 0. The molecule has 4 heteroatoms. The number of aryl methyl sites for hydroxylation is 2. The standard InChI is InChI=1S/C50H32N4/c1-30-11-17-34(18-12-30)48-52-49(35-19-13-31(2)14-20-35)54-50(53-48)45-28-24-41(37-7-3-6-10-40(37)45)44-27-26-43-39-9-5-4-8-38(39)42-25-23-36(46(44)47(42)43)33-21-15-32(29-51)16-22-33/h3-28H,1-2H3. The Morgan fingerprint density at radius 1 is 0.352 bits per heavy atom. The molecule has 0 saturated carbocycles. The summed E-state index contributed by atoms with van der Waals surface area (Å²) in [7, 11) is 0. The number of rotatable bonds is 5. The van der Waals surface area contributed by atoms with Gasteiger partial charge in [-0.2, -0.15) is 5.26 Å². The van der Waals surface area contributed by atoms with Crippen molar-refractivity contribution in [2.75, 3.05) is 0 Å². The molecule has 0 unspecified atom stereocenters. The maximum Gasteiger partial charge on any atom is 0.164 e. The molecule has 0 N–H and O–H groups in total. The van der Waals surface area contributed by atoms with Gasteiger partial charge in [-0.1, -0.05) is 151 Å². The maximum atomic E-state index is 9.55. The molecule has 0 atom stereocenters. The molecule has 10 rings (SSSR count). The van der Waals surface area contributed by atoms with Gasteiger partial charge in [0.25, 0.3) is 0 Å². The molecular weight excluding hydrogens is 657 g/mol. The number of hydrogen-bond acceptors (Lipinski definition) is 4. The van der Waals surface area contributed by atoms with Gasteiger partial charge in [-0.15, -0.1) is 0 Å². The van der Waals surface area contributed by atoms with Crippen LogP contribution in [0.25, 0.3) is 100 Å². The molecule has 1 heterocycles. The fourth-order valence-corrected chi connectivity index (χ4v) is 7.98. The number of benzene rings is 8. The van der Waals surface area contributed by atoms with E-state index < -0.39 is 0 Å². The summed E-state index contributed by atoms with van der Waals surface area (Å²) in [6, 6.07) is 57.6. The minimum Gasteiger partial charge on any atom is -0.208 e. The van der Waals surface area contributed by atoms with E-state index >= 15 is 0 Å². The number of hydrogen-bond donors (Lipinski definition) is 0. The van der Waals surface area contributed by atoms with Crippen molar-refractivity contribution in [3.63, 3.8) is 0 Å². The van der Waals surface area contributed by atoms with E-state index in [9.17, 15) is 5.26 Å². The van der Waals surface area contributed by atoms with Crippen LogP contribution in [-0.4, -0.2) is 15.0 Å². The van der Waals surface area contributed by atoms with Crippen molar-refractivity contribution in [1.82, 2.24) is 15.0 Å². The van der Waals surface area contributed by atoms with Crippen LogP contribution in [0.4, 0.5) is 0 Å². The van der Waals surface area contributed by atoms with Crippen molar-refractivity contribution in [3.8, 4) is 84.7 Å². The fourth-order valence-electron chi connectivity index (χ4n) is 7.98. The SMILES string of the molecule is Cc1ccc(-c2nc(-c3ccc(C)cc3)nc(-c3ccc(-c4ccc5c6c(ccc(-c7ccc(C#N)cc7)c46)-c4ccccc4-5)c4ccccc34)n2)cc1. The first-order chi connectivity index (χ1) is 26.5. The average Bonchev–Trinajstić information content (AvgIpc) is 3.55. The molecule has 1 aliphatic carbocycles. The Kier molecular flexibility index (Phi) is 7.28. The van der Waals surface area contributed by atoms with Gasteiger partial charge in [0.15, 0.2) is 17.5 Å². The molecule has 0 fully saturated rings. The molecule has 1 aromatic heterocycles. The van der Waals surface area contributed by atoms with Gasteiger partial charge in [0.2, 0.25) is 0 Å². The van der Waals surface area contributed by atoms with Gasteiger partial charge in [0.1, 0.15) is 0 Å². The van der Waals surface area contributed by atoms with Crippen LogP contribution in [0.1, 0.15) is 16.7 Å². The number of nitrogens with zero attached hydrogens (tertiary/aromatic N) is 4. The molecule has 0 amide bonds. The molecule has 0 radical (unpaired) electrons. The van der Waals surface area contributed by atoms with Gasteiger partial charge in [0.05, 0.1) is 11.6 Å². The van der Waals surface area contributed by atoms with Crippen molar-refractivity contribution in [3.05, 3.63) is 174 Å². The zero-order valence-corrected chi connectivity index (χ0v) is 29.8. The summed E-state index contributed by atoms with van der Waals surface area (Å²) in [4.78, 5) is 15.2. The Hall–Kier alpha value is -7.22. The smallest absolute Gasteiger partial charge is 0.164 e. The molecule has 0 aliphatic heterocycles. The Bertz CT molecular complexity index is 2900. The summed E-state index contributed by atoms with van der Waals surface area (Å²) in [6.07, 6.45) is 0. The van der Waals surface area contributed by atoms with Gasteiger partial charge in [-0.25, -0.2) is 15.0 Å². The highest BCUT2D eigenvalue weighted by Crippen LogP contribution is 2.52. The average molecular weight is 689 g/mol. The van der Waals surface area contributed by atoms with Crippen molar-refractivity contribution < 1.29 is 0 Å². The van der Waals surface area contributed by atoms with Gasteiger partial charge in [0, 0.05) is 16.7 Å².